The van der Waals surface area contributed by atoms with Gasteiger partial charge >= 0.3 is 0 Å². The van der Waals surface area contributed by atoms with Crippen LogP contribution in [-0.2, 0) is 4.79 Å². The van der Waals surface area contributed by atoms with E-state index in [0.29, 0.717) is 0 Å². The molecule has 4 heteroatoms. The van der Waals surface area contributed by atoms with Gasteiger partial charge < -0.3 is 5.32 Å². The lowest BCUT2D eigenvalue weighted by molar-refractivity contribution is -0.115. The van der Waals surface area contributed by atoms with Gasteiger partial charge in [-0.05, 0) is 51.0 Å². The van der Waals surface area contributed by atoms with Gasteiger partial charge in [0.2, 0.25) is 5.91 Å². The van der Waals surface area contributed by atoms with Gasteiger partial charge in [0, 0.05) is 4.90 Å². The highest BCUT2D eigenvalue weighted by Gasteiger charge is 2.18. The number of anilines is 1. The third kappa shape index (κ3) is 3.89. The van der Waals surface area contributed by atoms with E-state index in [0.717, 1.165) is 16.0 Å². The van der Waals surface area contributed by atoms with Crippen LogP contribution < -0.4 is 5.32 Å². The maximum absolute atomic E-state index is 13.6. The molecule has 2 rings (SSSR count). The van der Waals surface area contributed by atoms with Crippen LogP contribution in [0.4, 0.5) is 10.1 Å². The molecule has 0 radical (unpaired) electrons. The summed E-state index contributed by atoms with van der Waals surface area (Å²) in [6.45, 7) is 7.98. The first-order valence-corrected chi connectivity index (χ1v) is 8.06. The van der Waals surface area contributed by atoms with Crippen molar-refractivity contribution >= 4 is 23.4 Å². The third-order valence-corrected chi connectivity index (χ3v) is 4.85. The number of aryl methyl sites for hydroxylation is 3. The van der Waals surface area contributed by atoms with E-state index in [4.69, 9.17) is 0 Å². The molecule has 0 aliphatic rings. The molecule has 2 aromatic carbocycles. The Hall–Kier alpha value is -1.81. The van der Waals surface area contributed by atoms with Crippen molar-refractivity contribution < 1.29 is 9.18 Å². The van der Waals surface area contributed by atoms with Crippen LogP contribution in [0.15, 0.2) is 41.3 Å². The van der Waals surface area contributed by atoms with E-state index in [1.54, 1.807) is 18.2 Å². The molecule has 0 saturated carbocycles. The normalized spacial score (nSPS) is 12.0. The smallest absolute Gasteiger partial charge is 0.237 e. The lowest BCUT2D eigenvalue weighted by atomic mass is 10.1. The molecule has 116 valence electrons. The number of hydrogen-bond acceptors (Lipinski definition) is 2. The molecular formula is C18H20FNOS. The fourth-order valence-corrected chi connectivity index (χ4v) is 3.39. The van der Waals surface area contributed by atoms with Gasteiger partial charge in [0.15, 0.2) is 0 Å². The third-order valence-electron chi connectivity index (χ3n) is 3.40. The molecule has 0 spiro atoms. The van der Waals surface area contributed by atoms with Crippen LogP contribution in [0.5, 0.6) is 0 Å². The number of halogens is 1. The highest BCUT2D eigenvalue weighted by molar-refractivity contribution is 8.00. The fraction of sp³-hybridized carbons (Fsp3) is 0.278. The molecule has 1 N–H and O–H groups in total. The second-order valence-corrected chi connectivity index (χ2v) is 6.81. The molecule has 0 heterocycles. The van der Waals surface area contributed by atoms with E-state index in [9.17, 15) is 9.18 Å². The summed E-state index contributed by atoms with van der Waals surface area (Å²) >= 11 is 1.50. The Bertz CT molecular complexity index is 676. The minimum absolute atomic E-state index is 0.200. The highest BCUT2D eigenvalue weighted by Crippen LogP contribution is 2.31. The number of benzene rings is 2. The number of hydrogen-bond donors (Lipinski definition) is 1. The van der Waals surface area contributed by atoms with Gasteiger partial charge in [-0.2, -0.15) is 0 Å². The lowest BCUT2D eigenvalue weighted by Crippen LogP contribution is -2.23. The van der Waals surface area contributed by atoms with Crippen molar-refractivity contribution in [2.45, 2.75) is 37.8 Å². The number of carbonyl (C=O) groups is 1. The maximum Gasteiger partial charge on any atom is 0.237 e. The van der Waals surface area contributed by atoms with Crippen molar-refractivity contribution in [3.05, 3.63) is 58.9 Å². The zero-order valence-corrected chi connectivity index (χ0v) is 14.1. The Labute approximate surface area is 135 Å². The van der Waals surface area contributed by atoms with Crippen LogP contribution in [0.3, 0.4) is 0 Å². The minimum Gasteiger partial charge on any atom is -0.323 e. The average molecular weight is 317 g/mol. The van der Waals surface area contributed by atoms with Crippen LogP contribution in [0.1, 0.15) is 23.6 Å². The van der Waals surface area contributed by atoms with Crippen LogP contribution in [0.25, 0.3) is 0 Å². The molecule has 1 unspecified atom stereocenters. The van der Waals surface area contributed by atoms with Crippen molar-refractivity contribution in [3.8, 4) is 0 Å². The quantitative estimate of drug-likeness (QED) is 0.815. The fourth-order valence-electron chi connectivity index (χ4n) is 2.38. The molecule has 1 atom stereocenters. The summed E-state index contributed by atoms with van der Waals surface area (Å²) in [5.41, 5.74) is 3.75. The molecular weight excluding hydrogens is 297 g/mol. The number of amides is 1. The zero-order valence-electron chi connectivity index (χ0n) is 13.2. The van der Waals surface area contributed by atoms with Gasteiger partial charge in [-0.15, -0.1) is 11.8 Å². The van der Waals surface area contributed by atoms with E-state index in [1.165, 1.54) is 23.4 Å². The van der Waals surface area contributed by atoms with Crippen molar-refractivity contribution in [1.82, 2.24) is 0 Å². The van der Waals surface area contributed by atoms with Crippen molar-refractivity contribution in [3.63, 3.8) is 0 Å². The highest BCUT2D eigenvalue weighted by atomic mass is 32.2. The first-order chi connectivity index (χ1) is 10.4. The summed E-state index contributed by atoms with van der Waals surface area (Å²) in [4.78, 5) is 13.4. The van der Waals surface area contributed by atoms with E-state index in [2.05, 4.69) is 24.4 Å². The monoisotopic (exact) mass is 317 g/mol. The van der Waals surface area contributed by atoms with Gasteiger partial charge in [-0.3, -0.25) is 4.79 Å². The summed E-state index contributed by atoms with van der Waals surface area (Å²) in [6.07, 6.45) is 0. The lowest BCUT2D eigenvalue weighted by Gasteiger charge is -2.16. The summed E-state index contributed by atoms with van der Waals surface area (Å²) in [7, 11) is 0. The van der Waals surface area contributed by atoms with Crippen molar-refractivity contribution in [1.29, 1.82) is 0 Å². The largest absolute Gasteiger partial charge is 0.323 e. The predicted molar refractivity (Wildman–Crippen MR) is 91.0 cm³/mol. The van der Waals surface area contributed by atoms with Crippen LogP contribution in [0.2, 0.25) is 0 Å². The SMILES string of the molecule is Cc1cc(C)c(SC(C)C(=O)Nc2ccccc2F)c(C)c1. The Morgan fingerprint density at radius 2 is 1.73 bits per heavy atom. The molecule has 0 aliphatic carbocycles. The Kier molecular flexibility index (Phi) is 5.24. The van der Waals surface area contributed by atoms with E-state index >= 15 is 0 Å². The number of nitrogens with one attached hydrogen (secondary N) is 1. The predicted octanol–water partition coefficient (Wildman–Crippen LogP) is 4.87. The first kappa shape index (κ1) is 16.6. The second-order valence-electron chi connectivity index (χ2n) is 5.46. The van der Waals surface area contributed by atoms with Crippen LogP contribution in [0, 0.1) is 26.6 Å². The molecule has 1 amide bonds. The molecule has 0 saturated heterocycles. The topological polar surface area (TPSA) is 29.1 Å². The molecule has 0 aliphatic heterocycles. The first-order valence-electron chi connectivity index (χ1n) is 7.18. The van der Waals surface area contributed by atoms with Gasteiger partial charge in [0.05, 0.1) is 10.9 Å². The maximum atomic E-state index is 13.6. The van der Waals surface area contributed by atoms with Gasteiger partial charge in [0.25, 0.3) is 0 Å². The number of thioether (sulfide) groups is 1. The Morgan fingerprint density at radius 3 is 2.32 bits per heavy atom. The average Bonchev–Trinajstić information content (AvgIpc) is 2.45. The van der Waals surface area contributed by atoms with Gasteiger partial charge in [-0.1, -0.05) is 29.8 Å². The Balaban J connectivity index is 2.11. The molecule has 0 aromatic heterocycles. The summed E-state index contributed by atoms with van der Waals surface area (Å²) in [6, 6.07) is 10.4. The Morgan fingerprint density at radius 1 is 1.14 bits per heavy atom. The zero-order chi connectivity index (χ0) is 16.3. The van der Waals surface area contributed by atoms with Crippen LogP contribution >= 0.6 is 11.8 Å². The standard InChI is InChI=1S/C18H20FNOS/c1-11-9-12(2)17(13(3)10-11)22-14(4)18(21)20-16-8-6-5-7-15(16)19/h5-10,14H,1-4H3,(H,20,21). The van der Waals surface area contributed by atoms with E-state index < -0.39 is 5.82 Å². The molecule has 2 nitrogen and oxygen atoms in total. The molecule has 2 aromatic rings. The number of para-hydroxylation sites is 1. The molecule has 0 fully saturated rings. The summed E-state index contributed by atoms with van der Waals surface area (Å²) in [5.74, 6) is -0.620. The van der Waals surface area contributed by atoms with Gasteiger partial charge in [0.1, 0.15) is 5.82 Å². The number of rotatable bonds is 4. The van der Waals surface area contributed by atoms with Crippen molar-refractivity contribution in [2.24, 2.45) is 0 Å². The van der Waals surface area contributed by atoms with Crippen LogP contribution in [-0.4, -0.2) is 11.2 Å². The van der Waals surface area contributed by atoms with Gasteiger partial charge in [-0.25, -0.2) is 4.39 Å². The summed E-state index contributed by atoms with van der Waals surface area (Å²) in [5, 5.41) is 2.34. The second kappa shape index (κ2) is 6.97. The molecule has 22 heavy (non-hydrogen) atoms. The van der Waals surface area contributed by atoms with E-state index in [-0.39, 0.29) is 16.8 Å². The minimum atomic E-state index is -0.421. The summed E-state index contributed by atoms with van der Waals surface area (Å²) < 4.78 is 13.6. The number of carbonyl (C=O) groups excluding carboxylic acids is 1. The molecule has 0 bridgehead atoms. The van der Waals surface area contributed by atoms with E-state index in [1.807, 2.05) is 20.8 Å². The van der Waals surface area contributed by atoms with Crippen molar-refractivity contribution in [2.75, 3.05) is 5.32 Å².